The number of nitrogens with zero attached hydrogens (tertiary/aromatic N) is 1. The molecular formula is C15H21N3O. The van der Waals surface area contributed by atoms with Gasteiger partial charge in [0.2, 0.25) is 6.41 Å². The maximum absolute atomic E-state index is 11.3. The lowest BCUT2D eigenvalue weighted by atomic mass is 10.1. The summed E-state index contributed by atoms with van der Waals surface area (Å²) >= 11 is 0. The molecule has 1 aromatic rings. The van der Waals surface area contributed by atoms with Gasteiger partial charge in [-0.3, -0.25) is 4.79 Å². The number of benzene rings is 1. The largest absolute Gasteiger partial charge is 0.316 e. The molecule has 0 atom stereocenters. The second-order valence-electron chi connectivity index (χ2n) is 5.25. The van der Waals surface area contributed by atoms with Crippen LogP contribution in [0.3, 0.4) is 0 Å². The predicted octanol–water partition coefficient (Wildman–Crippen LogP) is 2.04. The van der Waals surface area contributed by atoms with Gasteiger partial charge in [0.1, 0.15) is 0 Å². The lowest BCUT2D eigenvalue weighted by Gasteiger charge is -2.24. The normalized spacial score (nSPS) is 15.8. The van der Waals surface area contributed by atoms with Crippen LogP contribution >= 0.6 is 0 Å². The first-order valence-corrected chi connectivity index (χ1v) is 6.76. The quantitative estimate of drug-likeness (QED) is 0.554. The molecule has 4 heteroatoms. The van der Waals surface area contributed by atoms with Crippen molar-refractivity contribution < 1.29 is 4.79 Å². The van der Waals surface area contributed by atoms with Gasteiger partial charge in [-0.15, -0.1) is 0 Å². The summed E-state index contributed by atoms with van der Waals surface area (Å²) in [6, 6.07) is 7.53. The van der Waals surface area contributed by atoms with Crippen molar-refractivity contribution in [2.45, 2.75) is 19.8 Å². The minimum Gasteiger partial charge on any atom is -0.316 e. The Balaban J connectivity index is 2.03. The van der Waals surface area contributed by atoms with Gasteiger partial charge in [0.25, 0.3) is 0 Å². The van der Waals surface area contributed by atoms with Crippen molar-refractivity contribution >= 4 is 18.3 Å². The number of hydrogen-bond donors (Lipinski definition) is 2. The summed E-state index contributed by atoms with van der Waals surface area (Å²) < 4.78 is 0. The Hall–Kier alpha value is -1.68. The maximum atomic E-state index is 11.3. The predicted molar refractivity (Wildman–Crippen MR) is 77.9 cm³/mol. The molecule has 1 amide bonds. The van der Waals surface area contributed by atoms with Crippen LogP contribution in [0.1, 0.15) is 25.3 Å². The molecule has 1 saturated carbocycles. The third kappa shape index (κ3) is 3.41. The fourth-order valence-electron chi connectivity index (χ4n) is 2.27. The molecule has 2 N–H and O–H groups in total. The lowest BCUT2D eigenvalue weighted by Crippen LogP contribution is -2.35. The number of carbonyl (C=O) groups is 1. The van der Waals surface area contributed by atoms with Crippen LogP contribution in [0.25, 0.3) is 0 Å². The smallest absolute Gasteiger partial charge is 0.214 e. The van der Waals surface area contributed by atoms with Crippen LogP contribution in [-0.4, -0.2) is 32.3 Å². The fourth-order valence-corrected chi connectivity index (χ4v) is 2.27. The number of hydrogen-bond acceptors (Lipinski definition) is 3. The van der Waals surface area contributed by atoms with E-state index in [4.69, 9.17) is 5.41 Å². The van der Waals surface area contributed by atoms with E-state index in [2.05, 4.69) is 12.2 Å². The molecule has 1 fully saturated rings. The Bertz CT molecular complexity index is 437. The van der Waals surface area contributed by atoms with Crippen molar-refractivity contribution in [3.8, 4) is 0 Å². The summed E-state index contributed by atoms with van der Waals surface area (Å²) in [7, 11) is 0. The Morgan fingerprint density at radius 2 is 2.05 bits per heavy atom. The van der Waals surface area contributed by atoms with E-state index in [1.807, 2.05) is 24.3 Å². The summed E-state index contributed by atoms with van der Waals surface area (Å²) in [5.74, 6) is 0. The molecule has 0 saturated heterocycles. The van der Waals surface area contributed by atoms with Gasteiger partial charge in [-0.2, -0.15) is 0 Å². The van der Waals surface area contributed by atoms with Gasteiger partial charge in [-0.25, -0.2) is 0 Å². The van der Waals surface area contributed by atoms with E-state index in [0.717, 1.165) is 37.3 Å². The van der Waals surface area contributed by atoms with Crippen LogP contribution < -0.4 is 10.2 Å². The number of anilines is 1. The van der Waals surface area contributed by atoms with Gasteiger partial charge in [0.15, 0.2) is 0 Å². The monoisotopic (exact) mass is 259 g/mol. The maximum Gasteiger partial charge on any atom is 0.214 e. The first kappa shape index (κ1) is 13.7. The second-order valence-corrected chi connectivity index (χ2v) is 5.25. The van der Waals surface area contributed by atoms with Gasteiger partial charge < -0.3 is 15.6 Å². The Morgan fingerprint density at radius 3 is 2.53 bits per heavy atom. The van der Waals surface area contributed by atoms with Crippen LogP contribution in [-0.2, 0) is 4.79 Å². The van der Waals surface area contributed by atoms with E-state index >= 15 is 0 Å². The molecule has 0 aliphatic heterocycles. The van der Waals surface area contributed by atoms with Crippen LogP contribution in [0, 0.1) is 10.8 Å². The molecule has 0 unspecified atom stereocenters. The van der Waals surface area contributed by atoms with E-state index in [1.54, 1.807) is 4.90 Å². The van der Waals surface area contributed by atoms with E-state index in [9.17, 15) is 4.79 Å². The minimum atomic E-state index is 0.261. The van der Waals surface area contributed by atoms with Crippen LogP contribution in [0.15, 0.2) is 24.3 Å². The third-order valence-corrected chi connectivity index (χ3v) is 3.73. The molecule has 0 bridgehead atoms. The average molecular weight is 259 g/mol. The molecule has 0 aromatic heterocycles. The minimum absolute atomic E-state index is 0.261. The van der Waals surface area contributed by atoms with Crippen LogP contribution in [0.2, 0.25) is 0 Å². The first-order valence-electron chi connectivity index (χ1n) is 6.76. The topological polar surface area (TPSA) is 56.2 Å². The van der Waals surface area contributed by atoms with Crippen molar-refractivity contribution in [1.29, 1.82) is 5.41 Å². The highest BCUT2D eigenvalue weighted by atomic mass is 16.1. The SMILES string of the molecule is CCNCC1(CN(C=O)c2ccc(C=N)cc2)CC1. The highest BCUT2D eigenvalue weighted by molar-refractivity contribution is 5.80. The summed E-state index contributed by atoms with van der Waals surface area (Å²) in [6.07, 6.45) is 4.58. The zero-order chi connectivity index (χ0) is 13.7. The zero-order valence-electron chi connectivity index (χ0n) is 11.4. The van der Waals surface area contributed by atoms with Crippen LogP contribution in [0.5, 0.6) is 0 Å². The fraction of sp³-hybridized carbons (Fsp3) is 0.467. The summed E-state index contributed by atoms with van der Waals surface area (Å²) in [4.78, 5) is 13.1. The Kier molecular flexibility index (Phi) is 4.32. The standard InChI is InChI=1S/C15H21N3O/c1-2-17-10-15(7-8-15)11-18(12-19)14-5-3-13(9-16)4-6-14/h3-6,9,12,16-17H,2,7-8,10-11H2,1H3. The summed E-state index contributed by atoms with van der Waals surface area (Å²) in [5, 5.41) is 10.6. The molecule has 4 nitrogen and oxygen atoms in total. The molecule has 1 aliphatic carbocycles. The van der Waals surface area contributed by atoms with E-state index in [-0.39, 0.29) is 5.41 Å². The van der Waals surface area contributed by atoms with Gasteiger partial charge in [-0.05, 0) is 37.1 Å². The molecule has 2 rings (SSSR count). The van der Waals surface area contributed by atoms with Gasteiger partial charge in [0.05, 0.1) is 0 Å². The van der Waals surface area contributed by atoms with Crippen molar-refractivity contribution in [3.05, 3.63) is 29.8 Å². The van der Waals surface area contributed by atoms with Crippen molar-refractivity contribution in [1.82, 2.24) is 5.32 Å². The molecule has 1 aliphatic rings. The summed E-state index contributed by atoms with van der Waals surface area (Å²) in [5.41, 5.74) is 2.02. The molecule has 19 heavy (non-hydrogen) atoms. The number of rotatable bonds is 8. The zero-order valence-corrected chi connectivity index (χ0v) is 11.4. The van der Waals surface area contributed by atoms with Crippen LogP contribution in [0.4, 0.5) is 5.69 Å². The van der Waals surface area contributed by atoms with E-state index < -0.39 is 0 Å². The van der Waals surface area contributed by atoms with Gasteiger partial charge >= 0.3 is 0 Å². The van der Waals surface area contributed by atoms with Crippen molar-refractivity contribution in [2.24, 2.45) is 5.41 Å². The Morgan fingerprint density at radius 1 is 1.37 bits per heavy atom. The molecule has 0 heterocycles. The lowest BCUT2D eigenvalue weighted by molar-refractivity contribution is -0.107. The molecule has 102 valence electrons. The highest BCUT2D eigenvalue weighted by Gasteiger charge is 2.43. The molecule has 0 spiro atoms. The number of nitrogens with one attached hydrogen (secondary N) is 2. The number of amides is 1. The Labute approximate surface area is 114 Å². The molecule has 0 radical (unpaired) electrons. The van der Waals surface area contributed by atoms with E-state index in [1.165, 1.54) is 19.1 Å². The molecular weight excluding hydrogens is 238 g/mol. The van der Waals surface area contributed by atoms with Crippen molar-refractivity contribution in [2.75, 3.05) is 24.5 Å². The molecule has 1 aromatic carbocycles. The average Bonchev–Trinajstić information content (AvgIpc) is 3.23. The van der Waals surface area contributed by atoms with E-state index in [0.29, 0.717) is 0 Å². The third-order valence-electron chi connectivity index (χ3n) is 3.73. The van der Waals surface area contributed by atoms with Gasteiger partial charge in [0, 0.05) is 30.4 Å². The number of carbonyl (C=O) groups excluding carboxylic acids is 1. The second kappa shape index (κ2) is 5.97. The highest BCUT2D eigenvalue weighted by Crippen LogP contribution is 2.46. The summed E-state index contributed by atoms with van der Waals surface area (Å²) in [6.45, 7) is 4.82. The van der Waals surface area contributed by atoms with Gasteiger partial charge in [-0.1, -0.05) is 19.1 Å². The van der Waals surface area contributed by atoms with Crippen molar-refractivity contribution in [3.63, 3.8) is 0 Å². The first-order chi connectivity index (χ1) is 9.23.